The van der Waals surface area contributed by atoms with Gasteiger partial charge in [0.2, 0.25) is 0 Å². The lowest BCUT2D eigenvalue weighted by Gasteiger charge is -2.30. The van der Waals surface area contributed by atoms with E-state index >= 15 is 0 Å². The first-order chi connectivity index (χ1) is 7.34. The summed E-state index contributed by atoms with van der Waals surface area (Å²) >= 11 is 0. The van der Waals surface area contributed by atoms with E-state index in [2.05, 4.69) is 12.2 Å². The van der Waals surface area contributed by atoms with E-state index in [-0.39, 0.29) is 0 Å². The fraction of sp³-hybridized carbons (Fsp3) is 1.00. The van der Waals surface area contributed by atoms with Gasteiger partial charge in [0.05, 0.1) is 6.10 Å². The number of hydrogen-bond donors (Lipinski definition) is 1. The molecule has 2 heteroatoms. The van der Waals surface area contributed by atoms with Crippen LogP contribution in [0.15, 0.2) is 0 Å². The van der Waals surface area contributed by atoms with Crippen molar-refractivity contribution in [2.75, 3.05) is 13.2 Å². The molecule has 15 heavy (non-hydrogen) atoms. The molecule has 0 aromatic heterocycles. The van der Waals surface area contributed by atoms with Crippen molar-refractivity contribution < 1.29 is 4.74 Å². The fourth-order valence-electron chi connectivity index (χ4n) is 2.61. The van der Waals surface area contributed by atoms with E-state index in [0.29, 0.717) is 12.1 Å². The molecule has 1 heterocycles. The smallest absolute Gasteiger partial charge is 0.0699 e. The average Bonchev–Trinajstić information content (AvgIpc) is 2.22. The monoisotopic (exact) mass is 211 g/mol. The predicted octanol–water partition coefficient (Wildman–Crippen LogP) is 2.72. The first kappa shape index (κ1) is 11.4. The molecule has 0 spiro atoms. The van der Waals surface area contributed by atoms with Crippen molar-refractivity contribution in [1.82, 2.24) is 5.32 Å². The number of rotatable bonds is 5. The van der Waals surface area contributed by atoms with E-state index in [0.717, 1.165) is 19.1 Å². The van der Waals surface area contributed by atoms with Crippen molar-refractivity contribution in [3.05, 3.63) is 0 Å². The molecule has 0 radical (unpaired) electrons. The first-order valence-corrected chi connectivity index (χ1v) is 6.69. The van der Waals surface area contributed by atoms with Crippen LogP contribution in [0.25, 0.3) is 0 Å². The summed E-state index contributed by atoms with van der Waals surface area (Å²) in [4.78, 5) is 0. The molecular formula is C13H25NO. The summed E-state index contributed by atoms with van der Waals surface area (Å²) < 4.78 is 5.71. The van der Waals surface area contributed by atoms with Crippen LogP contribution >= 0.6 is 0 Å². The van der Waals surface area contributed by atoms with Crippen LogP contribution in [0.4, 0.5) is 0 Å². The number of nitrogens with one attached hydrogen (secondary N) is 1. The van der Waals surface area contributed by atoms with Crippen molar-refractivity contribution in [3.8, 4) is 0 Å². The lowest BCUT2D eigenvalue weighted by molar-refractivity contribution is 0.0150. The quantitative estimate of drug-likeness (QED) is 0.755. The maximum Gasteiger partial charge on any atom is 0.0699 e. The van der Waals surface area contributed by atoms with Crippen molar-refractivity contribution in [3.63, 3.8) is 0 Å². The zero-order valence-electron chi connectivity index (χ0n) is 10.0. The molecule has 0 aromatic rings. The Kier molecular flexibility index (Phi) is 4.45. The van der Waals surface area contributed by atoms with E-state index in [1.54, 1.807) is 0 Å². The predicted molar refractivity (Wildman–Crippen MR) is 63.0 cm³/mol. The van der Waals surface area contributed by atoms with Gasteiger partial charge in [0.25, 0.3) is 0 Å². The second kappa shape index (κ2) is 5.86. The second-order valence-electron chi connectivity index (χ2n) is 5.33. The van der Waals surface area contributed by atoms with Crippen molar-refractivity contribution in [2.45, 2.75) is 64.0 Å². The highest BCUT2D eigenvalue weighted by molar-refractivity contribution is 4.76. The highest BCUT2D eigenvalue weighted by Gasteiger charge is 2.20. The SMILES string of the molecule is CC(CC1CCC1)NCC1CCCCO1. The molecule has 0 bridgehead atoms. The van der Waals surface area contributed by atoms with E-state index in [4.69, 9.17) is 4.74 Å². The Morgan fingerprint density at radius 1 is 1.20 bits per heavy atom. The summed E-state index contributed by atoms with van der Waals surface area (Å²) in [6, 6.07) is 0.681. The third-order valence-electron chi connectivity index (χ3n) is 3.88. The Morgan fingerprint density at radius 2 is 2.07 bits per heavy atom. The summed E-state index contributed by atoms with van der Waals surface area (Å²) in [7, 11) is 0. The fourth-order valence-corrected chi connectivity index (χ4v) is 2.61. The lowest BCUT2D eigenvalue weighted by Crippen LogP contribution is -2.38. The zero-order chi connectivity index (χ0) is 10.5. The maximum atomic E-state index is 5.71. The normalized spacial score (nSPS) is 29.8. The number of hydrogen-bond acceptors (Lipinski definition) is 2. The Balaban J connectivity index is 1.55. The molecule has 1 saturated carbocycles. The molecule has 1 aliphatic heterocycles. The van der Waals surface area contributed by atoms with Gasteiger partial charge in [-0.15, -0.1) is 0 Å². The van der Waals surface area contributed by atoms with Gasteiger partial charge < -0.3 is 10.1 Å². The second-order valence-corrected chi connectivity index (χ2v) is 5.33. The molecule has 1 N–H and O–H groups in total. The van der Waals surface area contributed by atoms with Crippen molar-refractivity contribution >= 4 is 0 Å². The van der Waals surface area contributed by atoms with Gasteiger partial charge in [0, 0.05) is 19.2 Å². The minimum absolute atomic E-state index is 0.489. The van der Waals surface area contributed by atoms with Crippen LogP contribution in [0.1, 0.15) is 51.9 Å². The Hall–Kier alpha value is -0.0800. The van der Waals surface area contributed by atoms with Crippen LogP contribution in [0, 0.1) is 5.92 Å². The molecule has 1 saturated heterocycles. The molecule has 0 aromatic carbocycles. The first-order valence-electron chi connectivity index (χ1n) is 6.69. The molecule has 2 aliphatic rings. The largest absolute Gasteiger partial charge is 0.377 e. The number of ether oxygens (including phenoxy) is 1. The van der Waals surface area contributed by atoms with E-state index in [1.807, 2.05) is 0 Å². The van der Waals surface area contributed by atoms with Crippen molar-refractivity contribution in [2.24, 2.45) is 5.92 Å². The van der Waals surface area contributed by atoms with Crippen LogP contribution < -0.4 is 5.32 Å². The molecule has 2 nitrogen and oxygen atoms in total. The third kappa shape index (κ3) is 3.76. The standard InChI is InChI=1S/C13H25NO/c1-11(9-12-5-4-6-12)14-10-13-7-2-3-8-15-13/h11-14H,2-10H2,1H3. The summed E-state index contributed by atoms with van der Waals surface area (Å²) in [6.07, 6.45) is 10.1. The van der Waals surface area contributed by atoms with Gasteiger partial charge in [-0.3, -0.25) is 0 Å². The Morgan fingerprint density at radius 3 is 2.67 bits per heavy atom. The van der Waals surface area contributed by atoms with Gasteiger partial charge in [0.15, 0.2) is 0 Å². The lowest BCUT2D eigenvalue weighted by atomic mass is 9.81. The molecular weight excluding hydrogens is 186 g/mol. The van der Waals surface area contributed by atoms with Crippen LogP contribution in [0.5, 0.6) is 0 Å². The summed E-state index contributed by atoms with van der Waals surface area (Å²) in [6.45, 7) is 4.36. The van der Waals surface area contributed by atoms with Crippen LogP contribution in [0.3, 0.4) is 0 Å². The minimum Gasteiger partial charge on any atom is -0.377 e. The van der Waals surface area contributed by atoms with E-state index in [9.17, 15) is 0 Å². The molecule has 2 fully saturated rings. The molecule has 2 unspecified atom stereocenters. The molecule has 1 aliphatic carbocycles. The van der Waals surface area contributed by atoms with Gasteiger partial charge >= 0.3 is 0 Å². The van der Waals surface area contributed by atoms with Crippen LogP contribution in [-0.2, 0) is 4.74 Å². The van der Waals surface area contributed by atoms with Crippen LogP contribution in [-0.4, -0.2) is 25.3 Å². The zero-order valence-corrected chi connectivity index (χ0v) is 10.0. The Bertz CT molecular complexity index is 173. The van der Waals surface area contributed by atoms with E-state index in [1.165, 1.54) is 44.9 Å². The summed E-state index contributed by atoms with van der Waals surface area (Å²) in [5.74, 6) is 1.01. The molecule has 0 amide bonds. The minimum atomic E-state index is 0.489. The van der Waals surface area contributed by atoms with Gasteiger partial charge in [-0.25, -0.2) is 0 Å². The van der Waals surface area contributed by atoms with Gasteiger partial charge in [-0.1, -0.05) is 19.3 Å². The highest BCUT2D eigenvalue weighted by atomic mass is 16.5. The summed E-state index contributed by atoms with van der Waals surface area (Å²) in [5, 5.41) is 3.63. The maximum absolute atomic E-state index is 5.71. The molecule has 2 rings (SSSR count). The van der Waals surface area contributed by atoms with Crippen LogP contribution in [0.2, 0.25) is 0 Å². The Labute approximate surface area is 93.8 Å². The highest BCUT2D eigenvalue weighted by Crippen LogP contribution is 2.30. The van der Waals surface area contributed by atoms with Gasteiger partial charge in [-0.2, -0.15) is 0 Å². The third-order valence-corrected chi connectivity index (χ3v) is 3.88. The summed E-state index contributed by atoms with van der Waals surface area (Å²) in [5.41, 5.74) is 0. The topological polar surface area (TPSA) is 21.3 Å². The van der Waals surface area contributed by atoms with Gasteiger partial charge in [0.1, 0.15) is 0 Å². The molecule has 2 atom stereocenters. The average molecular weight is 211 g/mol. The van der Waals surface area contributed by atoms with Crippen molar-refractivity contribution in [1.29, 1.82) is 0 Å². The van der Waals surface area contributed by atoms with E-state index < -0.39 is 0 Å². The molecule has 88 valence electrons. The van der Waals surface area contributed by atoms with Gasteiger partial charge in [-0.05, 0) is 38.5 Å².